The molecule has 0 bridgehead atoms. The molecule has 1 atom stereocenters. The zero-order chi connectivity index (χ0) is 8.39. The third kappa shape index (κ3) is 1.33. The number of hydrogen-bond donors (Lipinski definition) is 1. The van der Waals surface area contributed by atoms with Gasteiger partial charge in [0.25, 0.3) is 0 Å². The van der Waals surface area contributed by atoms with E-state index in [0.29, 0.717) is 0 Å². The van der Waals surface area contributed by atoms with Crippen molar-refractivity contribution < 1.29 is 4.52 Å². The van der Waals surface area contributed by atoms with Crippen LogP contribution >= 0.6 is 0 Å². The monoisotopic (exact) mass is 167 g/mol. The Morgan fingerprint density at radius 1 is 1.58 bits per heavy atom. The molecule has 65 valence electrons. The molecule has 0 spiro atoms. The largest absolute Gasteiger partial charge is 0.342 e. The van der Waals surface area contributed by atoms with Crippen LogP contribution in [-0.2, 0) is 0 Å². The molecule has 0 saturated carbocycles. The van der Waals surface area contributed by atoms with Crippen molar-refractivity contribution in [2.75, 3.05) is 19.6 Å². The molecule has 12 heavy (non-hydrogen) atoms. The normalized spacial score (nSPS) is 24.2. The summed E-state index contributed by atoms with van der Waals surface area (Å²) in [5, 5.41) is 15.0. The first-order valence-corrected chi connectivity index (χ1v) is 4.04. The van der Waals surface area contributed by atoms with Gasteiger partial charge in [0.2, 0.25) is 0 Å². The highest BCUT2D eigenvalue weighted by atomic mass is 16.5. The molecule has 2 heterocycles. The molecule has 0 aromatic carbocycles. The summed E-state index contributed by atoms with van der Waals surface area (Å²) in [5.74, 6) is 0.771. The van der Waals surface area contributed by atoms with Crippen molar-refractivity contribution in [3.8, 4) is 0 Å². The Labute approximate surface area is 70.5 Å². The fourth-order valence-electron chi connectivity index (χ4n) is 1.33. The van der Waals surface area contributed by atoms with Crippen LogP contribution in [0.15, 0.2) is 4.52 Å². The van der Waals surface area contributed by atoms with Crippen LogP contribution in [0, 0.1) is 6.92 Å². The molecule has 1 aliphatic heterocycles. The Morgan fingerprint density at radius 2 is 2.50 bits per heavy atom. The number of piperazine rings is 1. The van der Waals surface area contributed by atoms with Gasteiger partial charge in [-0.1, -0.05) is 0 Å². The van der Waals surface area contributed by atoms with Gasteiger partial charge in [-0.3, -0.25) is 0 Å². The van der Waals surface area contributed by atoms with E-state index in [1.807, 2.05) is 6.92 Å². The van der Waals surface area contributed by atoms with Crippen LogP contribution in [0.4, 0.5) is 0 Å². The van der Waals surface area contributed by atoms with E-state index >= 15 is 0 Å². The maximum atomic E-state index is 4.87. The van der Waals surface area contributed by atoms with Crippen LogP contribution in [-0.4, -0.2) is 30.0 Å². The molecule has 1 N–H and O–H groups in total. The van der Waals surface area contributed by atoms with Gasteiger partial charge in [0.05, 0.1) is 6.04 Å². The highest BCUT2D eigenvalue weighted by Crippen LogP contribution is 2.15. The Hall–Kier alpha value is -0.940. The number of rotatable bonds is 1. The average Bonchev–Trinajstić information content (AvgIpc) is 2.53. The second kappa shape index (κ2) is 3.20. The van der Waals surface area contributed by atoms with Gasteiger partial charge in [0.1, 0.15) is 5.69 Å². The van der Waals surface area contributed by atoms with Crippen LogP contribution in [0.25, 0.3) is 0 Å². The quantitative estimate of drug-likeness (QED) is 0.619. The van der Waals surface area contributed by atoms with Gasteiger partial charge >= 0.3 is 0 Å². The first-order valence-electron chi connectivity index (χ1n) is 4.04. The summed E-state index contributed by atoms with van der Waals surface area (Å²) < 4.78 is 4.87. The van der Waals surface area contributed by atoms with E-state index in [9.17, 15) is 0 Å². The van der Waals surface area contributed by atoms with Gasteiger partial charge in [0.15, 0.2) is 5.76 Å². The SMILES string of the molecule is Cc1onnc1C1CNCC[N]1. The first-order chi connectivity index (χ1) is 5.88. The minimum atomic E-state index is 0.130. The first kappa shape index (κ1) is 7.70. The van der Waals surface area contributed by atoms with Gasteiger partial charge in [-0.15, -0.1) is 5.10 Å². The summed E-state index contributed by atoms with van der Waals surface area (Å²) in [6, 6.07) is 0.130. The van der Waals surface area contributed by atoms with Crippen LogP contribution in [0.5, 0.6) is 0 Å². The zero-order valence-corrected chi connectivity index (χ0v) is 6.95. The van der Waals surface area contributed by atoms with Gasteiger partial charge in [-0.25, -0.2) is 5.32 Å². The van der Waals surface area contributed by atoms with Crippen molar-refractivity contribution in [1.82, 2.24) is 21.0 Å². The van der Waals surface area contributed by atoms with Crippen molar-refractivity contribution in [3.05, 3.63) is 11.5 Å². The molecular formula is C7H11N4O. The molecule has 1 unspecified atom stereocenters. The minimum absolute atomic E-state index is 0.130. The molecule has 1 aromatic rings. The van der Waals surface area contributed by atoms with E-state index in [1.54, 1.807) is 0 Å². The molecule has 0 amide bonds. The lowest BCUT2D eigenvalue weighted by Gasteiger charge is -2.20. The fraction of sp³-hybridized carbons (Fsp3) is 0.714. The fourth-order valence-corrected chi connectivity index (χ4v) is 1.33. The third-order valence-corrected chi connectivity index (χ3v) is 1.98. The minimum Gasteiger partial charge on any atom is -0.342 e. The van der Waals surface area contributed by atoms with Gasteiger partial charge in [-0.05, 0) is 6.92 Å². The predicted octanol–water partition coefficient (Wildman–Crippen LogP) is -0.373. The summed E-state index contributed by atoms with van der Waals surface area (Å²) in [5.41, 5.74) is 0.863. The maximum absolute atomic E-state index is 4.87. The number of aromatic nitrogens is 2. The molecule has 1 saturated heterocycles. The second-order valence-corrected chi connectivity index (χ2v) is 2.84. The Morgan fingerprint density at radius 3 is 3.08 bits per heavy atom. The average molecular weight is 167 g/mol. The molecule has 5 heteroatoms. The van der Waals surface area contributed by atoms with E-state index < -0.39 is 0 Å². The molecule has 2 rings (SSSR count). The molecule has 5 nitrogen and oxygen atoms in total. The maximum Gasteiger partial charge on any atom is 0.159 e. The lowest BCUT2D eigenvalue weighted by atomic mass is 10.1. The Kier molecular flexibility index (Phi) is 2.05. The van der Waals surface area contributed by atoms with Crippen molar-refractivity contribution in [2.45, 2.75) is 13.0 Å². The van der Waals surface area contributed by atoms with Crippen molar-refractivity contribution in [3.63, 3.8) is 0 Å². The topological polar surface area (TPSA) is 65.1 Å². The smallest absolute Gasteiger partial charge is 0.159 e. The summed E-state index contributed by atoms with van der Waals surface area (Å²) in [7, 11) is 0. The lowest BCUT2D eigenvalue weighted by molar-refractivity contribution is 0.372. The van der Waals surface area contributed by atoms with Crippen LogP contribution in [0.1, 0.15) is 17.5 Å². The summed E-state index contributed by atoms with van der Waals surface area (Å²) in [6.07, 6.45) is 0. The van der Waals surface area contributed by atoms with Gasteiger partial charge < -0.3 is 9.84 Å². The van der Waals surface area contributed by atoms with Crippen LogP contribution < -0.4 is 10.6 Å². The van der Waals surface area contributed by atoms with E-state index in [0.717, 1.165) is 31.1 Å². The molecule has 1 aromatic heterocycles. The molecular weight excluding hydrogens is 156 g/mol. The second-order valence-electron chi connectivity index (χ2n) is 2.84. The van der Waals surface area contributed by atoms with Crippen LogP contribution in [0.2, 0.25) is 0 Å². The lowest BCUT2D eigenvalue weighted by Crippen LogP contribution is -2.39. The Balaban J connectivity index is 2.13. The Bertz CT molecular complexity index is 254. The zero-order valence-electron chi connectivity index (χ0n) is 6.95. The van der Waals surface area contributed by atoms with E-state index in [-0.39, 0.29) is 6.04 Å². The summed E-state index contributed by atoms with van der Waals surface area (Å²) in [4.78, 5) is 0. The summed E-state index contributed by atoms with van der Waals surface area (Å²) in [6.45, 7) is 4.51. The molecule has 1 radical (unpaired) electrons. The van der Waals surface area contributed by atoms with Crippen molar-refractivity contribution in [1.29, 1.82) is 0 Å². The van der Waals surface area contributed by atoms with Gasteiger partial charge in [-0.2, -0.15) is 0 Å². The van der Waals surface area contributed by atoms with Crippen molar-refractivity contribution in [2.24, 2.45) is 0 Å². The highest BCUT2D eigenvalue weighted by molar-refractivity contribution is 5.10. The third-order valence-electron chi connectivity index (χ3n) is 1.98. The van der Waals surface area contributed by atoms with Crippen LogP contribution in [0.3, 0.4) is 0 Å². The van der Waals surface area contributed by atoms with Crippen molar-refractivity contribution >= 4 is 0 Å². The van der Waals surface area contributed by atoms with E-state index in [1.165, 1.54) is 0 Å². The number of hydrogen-bond acceptors (Lipinski definition) is 4. The predicted molar refractivity (Wildman–Crippen MR) is 41.6 cm³/mol. The van der Waals surface area contributed by atoms with E-state index in [2.05, 4.69) is 21.0 Å². The number of nitrogens with zero attached hydrogens (tertiary/aromatic N) is 3. The standard InChI is InChI=1S/C7H11N4O/c1-5-7(10-11-12-5)6-4-8-2-3-9-6/h6,8H,2-4H2,1H3. The number of aryl methyl sites for hydroxylation is 1. The van der Waals surface area contributed by atoms with E-state index in [4.69, 9.17) is 4.52 Å². The molecule has 1 aliphatic rings. The molecule has 1 fully saturated rings. The number of nitrogens with one attached hydrogen (secondary N) is 1. The molecule has 0 aliphatic carbocycles. The highest BCUT2D eigenvalue weighted by Gasteiger charge is 2.21. The summed E-state index contributed by atoms with van der Waals surface area (Å²) >= 11 is 0. The van der Waals surface area contributed by atoms with Gasteiger partial charge in [0, 0.05) is 24.9 Å².